The quantitative estimate of drug-likeness (QED) is 0.703. The highest BCUT2D eigenvalue weighted by atomic mass is 15.5. The third-order valence-electron chi connectivity index (χ3n) is 2.42. The molecular weight excluding hydrogens is 166 g/mol. The number of H-pyrrole nitrogens is 1. The Balaban J connectivity index is 2.53. The van der Waals surface area contributed by atoms with E-state index in [1.165, 1.54) is 0 Å². The summed E-state index contributed by atoms with van der Waals surface area (Å²) in [6.07, 6.45) is 2.21. The van der Waals surface area contributed by atoms with Crippen LogP contribution in [-0.4, -0.2) is 27.2 Å². The van der Waals surface area contributed by atoms with Crippen molar-refractivity contribution in [1.29, 1.82) is 0 Å². The first-order valence-electron chi connectivity index (χ1n) is 4.71. The summed E-state index contributed by atoms with van der Waals surface area (Å²) in [7, 11) is 0. The van der Waals surface area contributed by atoms with Gasteiger partial charge in [-0.2, -0.15) is 0 Å². The smallest absolute Gasteiger partial charge is 0.152 e. The molecule has 0 aliphatic heterocycles. The number of nitrogens with two attached hydrogens (primary N) is 1. The lowest BCUT2D eigenvalue weighted by Gasteiger charge is -2.15. The Kier molecular flexibility index (Phi) is 3.82. The summed E-state index contributed by atoms with van der Waals surface area (Å²) in [6, 6.07) is 0. The van der Waals surface area contributed by atoms with Crippen LogP contribution in [0, 0.1) is 5.92 Å². The highest BCUT2D eigenvalue weighted by molar-refractivity contribution is 4.91. The lowest BCUT2D eigenvalue weighted by atomic mass is 9.93. The molecule has 0 aromatic carbocycles. The maximum absolute atomic E-state index is 5.65. The van der Waals surface area contributed by atoms with Crippen LogP contribution in [0.15, 0.2) is 0 Å². The number of nitrogens with one attached hydrogen (secondary N) is 1. The van der Waals surface area contributed by atoms with E-state index in [-0.39, 0.29) is 5.92 Å². The maximum Gasteiger partial charge on any atom is 0.152 e. The molecule has 0 radical (unpaired) electrons. The minimum atomic E-state index is 0.268. The number of hydrogen-bond donors (Lipinski definition) is 2. The van der Waals surface area contributed by atoms with Gasteiger partial charge in [0.25, 0.3) is 0 Å². The minimum Gasteiger partial charge on any atom is -0.330 e. The molecule has 1 aromatic heterocycles. The Bertz CT molecular complexity index is 220. The Morgan fingerprint density at radius 1 is 1.54 bits per heavy atom. The average Bonchev–Trinajstić information content (AvgIpc) is 2.66. The summed E-state index contributed by atoms with van der Waals surface area (Å²) in [6.45, 7) is 4.99. The molecule has 1 aromatic rings. The van der Waals surface area contributed by atoms with E-state index >= 15 is 0 Å². The standard InChI is InChI=1S/C8H17N5/c1-3-6(2)4-7(5-9)8-10-12-13-11-8/h6-7H,3-5,9H2,1-2H3,(H,10,11,12,13). The zero-order valence-corrected chi connectivity index (χ0v) is 8.20. The fourth-order valence-corrected chi connectivity index (χ4v) is 1.31. The fourth-order valence-electron chi connectivity index (χ4n) is 1.31. The second-order valence-corrected chi connectivity index (χ2v) is 3.47. The number of rotatable bonds is 5. The van der Waals surface area contributed by atoms with Crippen molar-refractivity contribution in [3.8, 4) is 0 Å². The minimum absolute atomic E-state index is 0.268. The van der Waals surface area contributed by atoms with E-state index < -0.39 is 0 Å². The van der Waals surface area contributed by atoms with Crippen molar-refractivity contribution in [2.24, 2.45) is 11.7 Å². The molecule has 5 nitrogen and oxygen atoms in total. The molecule has 0 bridgehead atoms. The molecule has 0 aliphatic rings. The van der Waals surface area contributed by atoms with E-state index in [2.05, 4.69) is 34.5 Å². The summed E-state index contributed by atoms with van der Waals surface area (Å²) < 4.78 is 0. The molecule has 0 fully saturated rings. The largest absolute Gasteiger partial charge is 0.330 e. The fraction of sp³-hybridized carbons (Fsp3) is 0.875. The van der Waals surface area contributed by atoms with E-state index in [9.17, 15) is 0 Å². The lowest BCUT2D eigenvalue weighted by molar-refractivity contribution is 0.446. The SMILES string of the molecule is CCC(C)CC(CN)c1nnn[nH]1. The third kappa shape index (κ3) is 2.77. The molecule has 0 amide bonds. The van der Waals surface area contributed by atoms with Gasteiger partial charge in [0, 0.05) is 12.5 Å². The van der Waals surface area contributed by atoms with Crippen LogP contribution in [-0.2, 0) is 0 Å². The van der Waals surface area contributed by atoms with Crippen LogP contribution >= 0.6 is 0 Å². The van der Waals surface area contributed by atoms with Gasteiger partial charge in [-0.25, -0.2) is 5.10 Å². The van der Waals surface area contributed by atoms with Gasteiger partial charge in [0.1, 0.15) is 0 Å². The number of nitrogens with zero attached hydrogens (tertiary/aromatic N) is 3. The van der Waals surface area contributed by atoms with E-state index in [0.29, 0.717) is 12.5 Å². The molecule has 2 atom stereocenters. The topological polar surface area (TPSA) is 80.5 Å². The van der Waals surface area contributed by atoms with Crippen LogP contribution in [0.5, 0.6) is 0 Å². The van der Waals surface area contributed by atoms with Crippen LogP contribution in [0.4, 0.5) is 0 Å². The number of aromatic amines is 1. The summed E-state index contributed by atoms with van der Waals surface area (Å²) in [5.74, 6) is 1.74. The molecular formula is C8H17N5. The Hall–Kier alpha value is -0.970. The van der Waals surface area contributed by atoms with Crippen LogP contribution < -0.4 is 5.73 Å². The van der Waals surface area contributed by atoms with Gasteiger partial charge in [0.05, 0.1) is 0 Å². The molecule has 13 heavy (non-hydrogen) atoms. The van der Waals surface area contributed by atoms with Crippen LogP contribution in [0.2, 0.25) is 0 Å². The second kappa shape index (κ2) is 4.91. The first kappa shape index (κ1) is 10.1. The van der Waals surface area contributed by atoms with E-state index in [4.69, 9.17) is 5.73 Å². The zero-order chi connectivity index (χ0) is 9.68. The average molecular weight is 183 g/mol. The van der Waals surface area contributed by atoms with Crippen LogP contribution in [0.25, 0.3) is 0 Å². The van der Waals surface area contributed by atoms with E-state index in [1.54, 1.807) is 0 Å². The zero-order valence-electron chi connectivity index (χ0n) is 8.20. The number of tetrazole rings is 1. The van der Waals surface area contributed by atoms with Crippen molar-refractivity contribution >= 4 is 0 Å². The maximum atomic E-state index is 5.65. The van der Waals surface area contributed by atoms with E-state index in [0.717, 1.165) is 18.7 Å². The van der Waals surface area contributed by atoms with Gasteiger partial charge < -0.3 is 5.73 Å². The molecule has 0 aliphatic carbocycles. The molecule has 2 unspecified atom stereocenters. The Morgan fingerprint density at radius 3 is 2.77 bits per heavy atom. The monoisotopic (exact) mass is 183 g/mol. The van der Waals surface area contributed by atoms with Crippen LogP contribution in [0.1, 0.15) is 38.4 Å². The summed E-state index contributed by atoms with van der Waals surface area (Å²) in [5, 5.41) is 13.7. The molecule has 3 N–H and O–H groups in total. The van der Waals surface area contributed by atoms with Crippen molar-refractivity contribution in [2.75, 3.05) is 6.54 Å². The molecule has 0 spiro atoms. The van der Waals surface area contributed by atoms with Gasteiger partial charge in [0.15, 0.2) is 5.82 Å². The van der Waals surface area contributed by atoms with Gasteiger partial charge in [-0.05, 0) is 22.8 Å². The van der Waals surface area contributed by atoms with Gasteiger partial charge in [-0.1, -0.05) is 20.3 Å². The molecule has 74 valence electrons. The normalized spacial score (nSPS) is 15.6. The summed E-state index contributed by atoms with van der Waals surface area (Å²) >= 11 is 0. The Morgan fingerprint density at radius 2 is 2.31 bits per heavy atom. The van der Waals surface area contributed by atoms with Gasteiger partial charge in [0.2, 0.25) is 0 Å². The number of hydrogen-bond acceptors (Lipinski definition) is 4. The van der Waals surface area contributed by atoms with Crippen molar-refractivity contribution < 1.29 is 0 Å². The summed E-state index contributed by atoms with van der Waals surface area (Å²) in [4.78, 5) is 0. The van der Waals surface area contributed by atoms with Gasteiger partial charge in [-0.3, -0.25) is 0 Å². The van der Waals surface area contributed by atoms with Crippen molar-refractivity contribution in [2.45, 2.75) is 32.6 Å². The van der Waals surface area contributed by atoms with Gasteiger partial charge >= 0.3 is 0 Å². The molecule has 1 rings (SSSR count). The second-order valence-electron chi connectivity index (χ2n) is 3.47. The number of aromatic nitrogens is 4. The summed E-state index contributed by atoms with van der Waals surface area (Å²) in [5.41, 5.74) is 5.65. The first-order chi connectivity index (χ1) is 6.27. The predicted octanol–water partition coefficient (Wildman–Crippen LogP) is 0.678. The molecule has 0 saturated carbocycles. The first-order valence-corrected chi connectivity index (χ1v) is 4.71. The molecule has 1 heterocycles. The van der Waals surface area contributed by atoms with Crippen LogP contribution in [0.3, 0.4) is 0 Å². The lowest BCUT2D eigenvalue weighted by Crippen LogP contribution is -2.16. The predicted molar refractivity (Wildman–Crippen MR) is 50.0 cm³/mol. The third-order valence-corrected chi connectivity index (χ3v) is 2.42. The Labute approximate surface area is 78.1 Å². The van der Waals surface area contributed by atoms with Crippen molar-refractivity contribution in [3.63, 3.8) is 0 Å². The van der Waals surface area contributed by atoms with Gasteiger partial charge in [-0.15, -0.1) is 5.10 Å². The van der Waals surface area contributed by atoms with E-state index in [1.807, 2.05) is 0 Å². The molecule has 0 saturated heterocycles. The van der Waals surface area contributed by atoms with Crippen molar-refractivity contribution in [3.05, 3.63) is 5.82 Å². The highest BCUT2D eigenvalue weighted by Crippen LogP contribution is 2.20. The highest BCUT2D eigenvalue weighted by Gasteiger charge is 2.15. The molecule has 5 heteroatoms. The van der Waals surface area contributed by atoms with Crippen molar-refractivity contribution in [1.82, 2.24) is 20.6 Å².